The molecule has 0 aliphatic rings. The zero-order valence-electron chi connectivity index (χ0n) is 12.0. The molecule has 0 amide bonds. The van der Waals surface area contributed by atoms with Crippen molar-refractivity contribution in [2.75, 3.05) is 0 Å². The number of allylic oxidation sites excluding steroid dienone is 1. The first-order valence-corrected chi connectivity index (χ1v) is 7.73. The number of hydrogen-bond acceptors (Lipinski definition) is 5. The van der Waals surface area contributed by atoms with Gasteiger partial charge in [0.2, 0.25) is 0 Å². The summed E-state index contributed by atoms with van der Waals surface area (Å²) in [6.45, 7) is 7.42. The topological polar surface area (TPSA) is 83.5 Å². The number of rotatable bonds is 9. The number of hydrogen-bond donors (Lipinski definition) is 0. The minimum atomic E-state index is -2.48. The highest BCUT2D eigenvalue weighted by Crippen LogP contribution is 2.12. The van der Waals surface area contributed by atoms with Gasteiger partial charge in [0, 0.05) is 16.6 Å². The zero-order chi connectivity index (χ0) is 15.5. The third-order valence-electron chi connectivity index (χ3n) is 2.58. The number of unbranched alkanes of at least 4 members (excludes halogenated alkanes) is 2. The molecule has 0 aromatic heterocycles. The quantitative estimate of drug-likeness (QED) is 0.283. The van der Waals surface area contributed by atoms with Crippen LogP contribution in [0, 0.1) is 0 Å². The second kappa shape index (κ2) is 10.5. The van der Waals surface area contributed by atoms with Crippen molar-refractivity contribution in [2.24, 2.45) is 0 Å². The normalized spacial score (nSPS) is 12.8. The first-order chi connectivity index (χ1) is 9.42. The summed E-state index contributed by atoms with van der Waals surface area (Å²) in [4.78, 5) is 22.9. The van der Waals surface area contributed by atoms with Gasteiger partial charge in [0.25, 0.3) is 0 Å². The van der Waals surface area contributed by atoms with Crippen molar-refractivity contribution < 1.29 is 23.1 Å². The number of carbonyl (C=O) groups is 2. The lowest BCUT2D eigenvalue weighted by atomic mass is 10.1. The minimum absolute atomic E-state index is 0.0520. The van der Waals surface area contributed by atoms with Gasteiger partial charge in [0.1, 0.15) is 0 Å². The van der Waals surface area contributed by atoms with Crippen LogP contribution in [0.2, 0.25) is 0 Å². The van der Waals surface area contributed by atoms with Crippen molar-refractivity contribution in [1.29, 1.82) is 0 Å². The lowest BCUT2D eigenvalue weighted by Crippen LogP contribution is -2.13. The molecule has 20 heavy (non-hydrogen) atoms. The molecule has 114 valence electrons. The maximum atomic E-state index is 11.5. The smallest absolute Gasteiger partial charge is 0.341 e. The van der Waals surface area contributed by atoms with Gasteiger partial charge in [-0.15, -0.1) is 0 Å². The second-order valence-electron chi connectivity index (χ2n) is 4.36. The molecule has 0 saturated carbocycles. The van der Waals surface area contributed by atoms with E-state index in [2.05, 4.69) is 11.3 Å². The molecular weight excluding hydrogens is 280 g/mol. The number of esters is 2. The first kappa shape index (κ1) is 18.7. The van der Waals surface area contributed by atoms with Gasteiger partial charge in [-0.3, -0.25) is 4.21 Å². The molecule has 0 aliphatic carbocycles. The van der Waals surface area contributed by atoms with Crippen LogP contribution in [0.4, 0.5) is 0 Å². The highest BCUT2D eigenvalue weighted by atomic mass is 32.2. The molecule has 5 nitrogen and oxygen atoms in total. The average molecular weight is 301 g/mol. The molecule has 0 spiro atoms. The van der Waals surface area contributed by atoms with Crippen molar-refractivity contribution in [1.82, 2.24) is 0 Å². The van der Waals surface area contributed by atoms with E-state index in [-0.39, 0.29) is 16.9 Å². The molecule has 0 aliphatic heterocycles. The predicted octanol–water partition coefficient (Wildman–Crippen LogP) is 2.76. The molecule has 1 atom stereocenters. The van der Waals surface area contributed by atoms with Gasteiger partial charge in [0.15, 0.2) is 0 Å². The highest BCUT2D eigenvalue weighted by Gasteiger charge is 2.13. The summed E-state index contributed by atoms with van der Waals surface area (Å²) < 4.78 is 26.4. The molecule has 0 fully saturated rings. The fraction of sp³-hybridized carbons (Fsp3) is 0.571. The monoisotopic (exact) mass is 301 g/mol. The van der Waals surface area contributed by atoms with Crippen LogP contribution < -0.4 is 0 Å². The van der Waals surface area contributed by atoms with Gasteiger partial charge in [-0.1, -0.05) is 33.3 Å². The summed E-state index contributed by atoms with van der Waals surface area (Å²) in [5.74, 6) is -1.77. The fourth-order valence-electron chi connectivity index (χ4n) is 1.37. The summed E-state index contributed by atoms with van der Waals surface area (Å²) in [7, 11) is 0. The molecule has 0 radical (unpaired) electrons. The Morgan fingerprint density at radius 1 is 1.20 bits per heavy atom. The summed E-state index contributed by atoms with van der Waals surface area (Å²) in [5, 5.41) is 0. The maximum absolute atomic E-state index is 11.5. The Morgan fingerprint density at radius 3 is 2.25 bits per heavy atom. The van der Waals surface area contributed by atoms with E-state index in [0.29, 0.717) is 12.8 Å². The fourth-order valence-corrected chi connectivity index (χ4v) is 1.87. The van der Waals surface area contributed by atoms with Crippen LogP contribution in [0.5, 0.6) is 0 Å². The SMILES string of the molecule is C=C(CCCC)C(=O)OC(=O)C=C(CCCC)S(=O)[O-]. The Hall–Kier alpha value is -1.27. The number of carbonyl (C=O) groups excluding carboxylic acids is 2. The van der Waals surface area contributed by atoms with E-state index >= 15 is 0 Å². The molecule has 0 rings (SSSR count). The average Bonchev–Trinajstić information content (AvgIpc) is 2.40. The Bertz CT molecular complexity index is 412. The molecule has 0 aromatic rings. The summed E-state index contributed by atoms with van der Waals surface area (Å²) in [6.07, 6.45) is 4.69. The summed E-state index contributed by atoms with van der Waals surface area (Å²) in [5.41, 5.74) is 0.215. The lowest BCUT2D eigenvalue weighted by Gasteiger charge is -2.09. The lowest BCUT2D eigenvalue weighted by molar-refractivity contribution is -0.153. The third kappa shape index (κ3) is 8.01. The van der Waals surface area contributed by atoms with Gasteiger partial charge in [-0.25, -0.2) is 9.59 Å². The van der Waals surface area contributed by atoms with Crippen LogP contribution >= 0.6 is 0 Å². The molecule has 0 heterocycles. The van der Waals surface area contributed by atoms with Crippen LogP contribution in [0.25, 0.3) is 0 Å². The largest absolute Gasteiger partial charge is 0.769 e. The standard InChI is InChI=1S/C14H22O5S/c1-4-6-8-11(3)14(16)19-13(15)10-12(20(17)18)9-7-5-2/h10H,3-9H2,1-2H3,(H,17,18)/p-1. The van der Waals surface area contributed by atoms with Crippen LogP contribution in [-0.4, -0.2) is 20.7 Å². The molecule has 6 heteroatoms. The number of ether oxygens (including phenoxy) is 1. The van der Waals surface area contributed by atoms with Gasteiger partial charge < -0.3 is 9.29 Å². The Morgan fingerprint density at radius 2 is 1.75 bits per heavy atom. The van der Waals surface area contributed by atoms with Crippen LogP contribution in [0.3, 0.4) is 0 Å². The van der Waals surface area contributed by atoms with E-state index in [1.807, 2.05) is 13.8 Å². The van der Waals surface area contributed by atoms with Crippen molar-refractivity contribution in [3.05, 3.63) is 23.1 Å². The van der Waals surface area contributed by atoms with E-state index < -0.39 is 23.0 Å². The van der Waals surface area contributed by atoms with E-state index in [4.69, 9.17) is 0 Å². The van der Waals surface area contributed by atoms with Gasteiger partial charge >= 0.3 is 11.9 Å². The summed E-state index contributed by atoms with van der Waals surface area (Å²) >= 11 is -2.48. The van der Waals surface area contributed by atoms with Crippen LogP contribution in [0.15, 0.2) is 23.1 Å². The Kier molecular flexibility index (Phi) is 9.84. The van der Waals surface area contributed by atoms with E-state index in [9.17, 15) is 18.4 Å². The molecule has 0 bridgehead atoms. The van der Waals surface area contributed by atoms with Crippen molar-refractivity contribution >= 4 is 23.0 Å². The van der Waals surface area contributed by atoms with Crippen molar-refractivity contribution in [2.45, 2.75) is 52.4 Å². The highest BCUT2D eigenvalue weighted by molar-refractivity contribution is 7.83. The van der Waals surface area contributed by atoms with Gasteiger partial charge in [-0.2, -0.15) is 0 Å². The maximum Gasteiger partial charge on any atom is 0.341 e. The first-order valence-electron chi connectivity index (χ1n) is 6.66. The molecule has 0 aromatic carbocycles. The van der Waals surface area contributed by atoms with E-state index in [1.54, 1.807) is 0 Å². The van der Waals surface area contributed by atoms with E-state index in [0.717, 1.165) is 25.3 Å². The van der Waals surface area contributed by atoms with Crippen molar-refractivity contribution in [3.8, 4) is 0 Å². The Balaban J connectivity index is 4.53. The Labute approximate surface area is 122 Å². The zero-order valence-corrected chi connectivity index (χ0v) is 12.8. The third-order valence-corrected chi connectivity index (χ3v) is 3.33. The van der Waals surface area contributed by atoms with Gasteiger partial charge in [0.05, 0.1) is 0 Å². The second-order valence-corrected chi connectivity index (χ2v) is 5.36. The van der Waals surface area contributed by atoms with Crippen LogP contribution in [-0.2, 0) is 25.4 Å². The molecular formula is C14H21O5S-. The molecule has 1 unspecified atom stereocenters. The van der Waals surface area contributed by atoms with Gasteiger partial charge in [-0.05, 0) is 36.8 Å². The summed E-state index contributed by atoms with van der Waals surface area (Å²) in [6, 6.07) is 0. The molecule has 0 N–H and O–H groups in total. The van der Waals surface area contributed by atoms with Crippen LogP contribution in [0.1, 0.15) is 52.4 Å². The van der Waals surface area contributed by atoms with E-state index in [1.165, 1.54) is 0 Å². The molecule has 0 saturated heterocycles. The predicted molar refractivity (Wildman–Crippen MR) is 76.3 cm³/mol. The van der Waals surface area contributed by atoms with Crippen molar-refractivity contribution in [3.63, 3.8) is 0 Å². The minimum Gasteiger partial charge on any atom is -0.769 e.